The lowest BCUT2D eigenvalue weighted by Crippen LogP contribution is -2.13. The van der Waals surface area contributed by atoms with Gasteiger partial charge < -0.3 is 0 Å². The van der Waals surface area contributed by atoms with Crippen LogP contribution in [0.2, 0.25) is 0 Å². The molecule has 0 aliphatic carbocycles. The Morgan fingerprint density at radius 3 is 2.67 bits per heavy atom. The molecule has 1 rings (SSSR count). The molecule has 1 heterocycles. The third kappa shape index (κ3) is 1.85. The van der Waals surface area contributed by atoms with Gasteiger partial charge in [-0.2, -0.15) is 5.10 Å². The zero-order valence-corrected chi connectivity index (χ0v) is 8.37. The van der Waals surface area contributed by atoms with Gasteiger partial charge in [0.1, 0.15) is 16.0 Å². The van der Waals surface area contributed by atoms with Crippen LogP contribution in [-0.2, 0) is 15.9 Å². The van der Waals surface area contributed by atoms with Gasteiger partial charge >= 0.3 is 0 Å². The Morgan fingerprint density at radius 1 is 1.75 bits per heavy atom. The monoisotopic (exact) mass is 207 g/mol. The number of rotatable bonds is 2. The quantitative estimate of drug-likeness (QED) is 0.707. The van der Waals surface area contributed by atoms with E-state index in [1.165, 1.54) is 6.20 Å². The predicted octanol–water partition coefficient (Wildman–Crippen LogP) is 0.865. The fourth-order valence-corrected chi connectivity index (χ4v) is 1.72. The van der Waals surface area contributed by atoms with E-state index in [1.54, 1.807) is 13.8 Å². The van der Waals surface area contributed by atoms with Crippen LogP contribution in [-0.4, -0.2) is 14.4 Å². The van der Waals surface area contributed by atoms with Crippen molar-refractivity contribution in [1.29, 1.82) is 0 Å². The summed E-state index contributed by atoms with van der Waals surface area (Å²) in [6.07, 6.45) is 1.53. The van der Waals surface area contributed by atoms with Gasteiger partial charge in [0.15, 0.2) is 0 Å². The molecule has 0 aliphatic heterocycles. The maximum absolute atomic E-state index is 10.9. The van der Waals surface area contributed by atoms with E-state index in [0.717, 1.165) is 0 Å². The second-order valence-electron chi connectivity index (χ2n) is 2.88. The molecule has 1 aromatic rings. The van der Waals surface area contributed by atoms with Crippen LogP contribution in [0.1, 0.15) is 19.4 Å². The van der Waals surface area contributed by atoms with Crippen LogP contribution in [0.3, 0.4) is 0 Å². The Bertz CT molecular complexity index is 304. The summed E-state index contributed by atoms with van der Waals surface area (Å²) in [5.41, 5.74) is 0.671. The Labute approximate surface area is 78.1 Å². The lowest BCUT2D eigenvalue weighted by Gasteiger charge is -2.14. The topological polar surface area (TPSA) is 71.8 Å². The van der Waals surface area contributed by atoms with Crippen LogP contribution in [0.15, 0.2) is 11.2 Å². The summed E-state index contributed by atoms with van der Waals surface area (Å²) in [6.45, 7) is 3.57. The Hall–Kier alpha value is -0.390. The molecule has 6 heteroatoms. The van der Waals surface area contributed by atoms with E-state index in [9.17, 15) is 4.21 Å². The average Bonchev–Trinajstić information content (AvgIpc) is 2.30. The molecule has 0 fully saturated rings. The van der Waals surface area contributed by atoms with Crippen LogP contribution < -0.4 is 5.14 Å². The van der Waals surface area contributed by atoms with E-state index >= 15 is 0 Å². The average molecular weight is 208 g/mol. The molecule has 1 unspecified atom stereocenters. The molecule has 12 heavy (non-hydrogen) atoms. The maximum atomic E-state index is 10.9. The molecular weight excluding hydrogens is 198 g/mol. The number of aromatic nitrogens is 2. The summed E-state index contributed by atoms with van der Waals surface area (Å²) in [6, 6.07) is 0. The Morgan fingerprint density at radius 2 is 2.33 bits per heavy atom. The van der Waals surface area contributed by atoms with Crippen molar-refractivity contribution in [2.24, 2.45) is 5.14 Å². The zero-order chi connectivity index (χ0) is 9.35. The first-order chi connectivity index (χ1) is 5.43. The van der Waals surface area contributed by atoms with Crippen molar-refractivity contribution in [2.75, 3.05) is 0 Å². The zero-order valence-electron chi connectivity index (χ0n) is 6.80. The first-order valence-corrected chi connectivity index (χ1v) is 4.91. The van der Waals surface area contributed by atoms with Gasteiger partial charge in [-0.25, -0.2) is 9.35 Å². The third-order valence-corrected chi connectivity index (χ3v) is 2.36. The number of aromatic amines is 1. The molecule has 0 saturated heterocycles. The third-order valence-electron chi connectivity index (χ3n) is 1.45. The van der Waals surface area contributed by atoms with Crippen molar-refractivity contribution >= 4 is 22.6 Å². The van der Waals surface area contributed by atoms with Crippen LogP contribution >= 0.6 is 11.6 Å². The number of nitrogens with zero attached hydrogens (tertiary/aromatic N) is 1. The van der Waals surface area contributed by atoms with Crippen molar-refractivity contribution in [1.82, 2.24) is 10.2 Å². The number of hydrogen-bond donors (Lipinski definition) is 2. The van der Waals surface area contributed by atoms with Gasteiger partial charge in [-0.05, 0) is 13.8 Å². The van der Waals surface area contributed by atoms with Crippen LogP contribution in [0.25, 0.3) is 0 Å². The molecule has 4 nitrogen and oxygen atoms in total. The fourth-order valence-electron chi connectivity index (χ4n) is 0.851. The van der Waals surface area contributed by atoms with Crippen molar-refractivity contribution in [3.8, 4) is 0 Å². The van der Waals surface area contributed by atoms with E-state index in [0.29, 0.717) is 10.6 Å². The molecule has 0 spiro atoms. The SMILES string of the molecule is CC(C)(Cl)c1cn[nH]c1S(N)=O. The van der Waals surface area contributed by atoms with Gasteiger partial charge in [0, 0.05) is 5.56 Å². The highest BCUT2D eigenvalue weighted by atomic mass is 35.5. The van der Waals surface area contributed by atoms with E-state index in [-0.39, 0.29) is 0 Å². The molecule has 0 aliphatic rings. The van der Waals surface area contributed by atoms with Crippen LogP contribution in [0.5, 0.6) is 0 Å². The number of nitrogens with two attached hydrogens (primary N) is 1. The molecule has 68 valence electrons. The molecule has 1 atom stereocenters. The lowest BCUT2D eigenvalue weighted by atomic mass is 10.1. The molecule has 3 N–H and O–H groups in total. The minimum Gasteiger partial charge on any atom is -0.268 e. The highest BCUT2D eigenvalue weighted by Gasteiger charge is 2.23. The van der Waals surface area contributed by atoms with E-state index in [1.807, 2.05) is 0 Å². The Balaban J connectivity index is 3.17. The Kier molecular flexibility index (Phi) is 2.55. The van der Waals surface area contributed by atoms with E-state index in [2.05, 4.69) is 10.2 Å². The molecular formula is C6H10ClN3OS. The molecule has 0 radical (unpaired) electrons. The second kappa shape index (κ2) is 3.16. The molecule has 1 aromatic heterocycles. The second-order valence-corrected chi connectivity index (χ2v) is 4.83. The summed E-state index contributed by atoms with van der Waals surface area (Å²) in [7, 11) is -1.56. The van der Waals surface area contributed by atoms with Crippen LogP contribution in [0.4, 0.5) is 0 Å². The minimum absolute atomic E-state index is 0.384. The van der Waals surface area contributed by atoms with E-state index < -0.39 is 15.9 Å². The summed E-state index contributed by atoms with van der Waals surface area (Å²) in [5.74, 6) is 0. The molecule has 0 saturated carbocycles. The fraction of sp³-hybridized carbons (Fsp3) is 0.500. The van der Waals surface area contributed by atoms with Gasteiger partial charge in [-0.1, -0.05) is 0 Å². The molecule has 0 aromatic carbocycles. The number of halogens is 1. The standard InChI is InChI=1S/C6H10ClN3OS/c1-6(2,7)4-3-9-10-5(4)12(8)11/h3H,8H2,1-2H3,(H,9,10). The van der Waals surface area contributed by atoms with Crippen molar-refractivity contribution < 1.29 is 4.21 Å². The lowest BCUT2D eigenvalue weighted by molar-refractivity contribution is 0.674. The number of nitrogens with one attached hydrogen (secondary N) is 1. The van der Waals surface area contributed by atoms with Gasteiger partial charge in [0.05, 0.1) is 11.1 Å². The highest BCUT2D eigenvalue weighted by molar-refractivity contribution is 7.82. The van der Waals surface area contributed by atoms with Gasteiger partial charge in [0.25, 0.3) is 0 Å². The van der Waals surface area contributed by atoms with E-state index in [4.69, 9.17) is 16.7 Å². The molecule has 0 bridgehead atoms. The minimum atomic E-state index is -1.56. The highest BCUT2D eigenvalue weighted by Crippen LogP contribution is 2.29. The number of hydrogen-bond acceptors (Lipinski definition) is 2. The number of alkyl halides is 1. The first-order valence-electron chi connectivity index (χ1n) is 3.32. The first kappa shape index (κ1) is 9.70. The van der Waals surface area contributed by atoms with Gasteiger partial charge in [-0.15, -0.1) is 11.6 Å². The largest absolute Gasteiger partial charge is 0.268 e. The van der Waals surface area contributed by atoms with Gasteiger partial charge in [-0.3, -0.25) is 5.10 Å². The maximum Gasteiger partial charge on any atom is 0.142 e. The predicted molar refractivity (Wildman–Crippen MR) is 48.1 cm³/mol. The van der Waals surface area contributed by atoms with Crippen LogP contribution in [0, 0.1) is 0 Å². The summed E-state index contributed by atoms with van der Waals surface area (Å²) in [5, 5.41) is 11.9. The van der Waals surface area contributed by atoms with Crippen molar-refractivity contribution in [3.05, 3.63) is 11.8 Å². The van der Waals surface area contributed by atoms with Crippen molar-refractivity contribution in [3.63, 3.8) is 0 Å². The smallest absolute Gasteiger partial charge is 0.142 e. The van der Waals surface area contributed by atoms with Crippen molar-refractivity contribution in [2.45, 2.75) is 23.7 Å². The summed E-state index contributed by atoms with van der Waals surface area (Å²) < 4.78 is 10.9. The summed E-state index contributed by atoms with van der Waals surface area (Å²) in [4.78, 5) is -0.600. The van der Waals surface area contributed by atoms with Gasteiger partial charge in [0.2, 0.25) is 0 Å². The normalized spacial score (nSPS) is 14.7. The number of H-pyrrole nitrogens is 1. The summed E-state index contributed by atoms with van der Waals surface area (Å²) >= 11 is 6.00. The molecule has 0 amide bonds.